The molecule has 0 amide bonds. The second-order valence-corrected chi connectivity index (χ2v) is 6.80. The average Bonchev–Trinajstić information content (AvgIpc) is 3.24. The number of aromatic nitrogens is 3. The highest BCUT2D eigenvalue weighted by Gasteiger charge is 2.25. The van der Waals surface area contributed by atoms with E-state index in [1.165, 1.54) is 76.4 Å². The molecule has 4 nitrogen and oxygen atoms in total. The van der Waals surface area contributed by atoms with Crippen LogP contribution >= 0.6 is 0 Å². The quantitative estimate of drug-likeness (QED) is 0.625. The Hall–Kier alpha value is -1.42. The molecule has 1 fully saturated rings. The van der Waals surface area contributed by atoms with E-state index in [9.17, 15) is 0 Å². The van der Waals surface area contributed by atoms with Crippen LogP contribution in [-0.4, -0.2) is 33.0 Å². The number of hydrogen-bond donors (Lipinski definition) is 0. The standard InChI is InChI=1S/C19H30N4/c1-2-3-4-5-6-7-14-19(22-15-10-11-16-22)23-18-13-9-8-12-17(18)20-21-23/h8-9,12-13,19H,2-7,10-11,14-16H2,1H3. The van der Waals surface area contributed by atoms with Gasteiger partial charge >= 0.3 is 0 Å². The van der Waals surface area contributed by atoms with E-state index in [2.05, 4.69) is 45.0 Å². The zero-order valence-corrected chi connectivity index (χ0v) is 14.5. The lowest BCUT2D eigenvalue weighted by Crippen LogP contribution is -2.31. The van der Waals surface area contributed by atoms with Gasteiger partial charge in [-0.1, -0.05) is 56.4 Å². The molecule has 0 spiro atoms. The number of unbranched alkanes of at least 4 members (excludes halogenated alkanes) is 5. The van der Waals surface area contributed by atoms with Gasteiger partial charge < -0.3 is 0 Å². The Morgan fingerprint density at radius 3 is 2.57 bits per heavy atom. The first-order valence-corrected chi connectivity index (χ1v) is 9.44. The Labute approximate surface area is 139 Å². The van der Waals surface area contributed by atoms with Crippen LogP contribution in [0.1, 0.15) is 70.9 Å². The highest BCUT2D eigenvalue weighted by atomic mass is 15.5. The molecular formula is C19H30N4. The van der Waals surface area contributed by atoms with Gasteiger partial charge in [0.15, 0.2) is 0 Å². The summed E-state index contributed by atoms with van der Waals surface area (Å²) in [6.07, 6.45) is 12.3. The van der Waals surface area contributed by atoms with Crippen molar-refractivity contribution in [3.05, 3.63) is 24.3 Å². The number of fused-ring (bicyclic) bond motifs is 1. The van der Waals surface area contributed by atoms with Crippen LogP contribution < -0.4 is 0 Å². The number of para-hydroxylation sites is 1. The molecule has 0 saturated carbocycles. The monoisotopic (exact) mass is 314 g/mol. The SMILES string of the molecule is CCCCCCCCC(N1CCCC1)n1nnc2ccccc21. The van der Waals surface area contributed by atoms with Crippen LogP contribution in [0, 0.1) is 0 Å². The van der Waals surface area contributed by atoms with Gasteiger partial charge in [-0.05, 0) is 37.8 Å². The minimum absolute atomic E-state index is 0.385. The molecule has 126 valence electrons. The maximum absolute atomic E-state index is 4.49. The van der Waals surface area contributed by atoms with E-state index < -0.39 is 0 Å². The van der Waals surface area contributed by atoms with Crippen LogP contribution in [0.5, 0.6) is 0 Å². The van der Waals surface area contributed by atoms with Crippen molar-refractivity contribution in [1.82, 2.24) is 19.9 Å². The first-order chi connectivity index (χ1) is 11.4. The predicted molar refractivity (Wildman–Crippen MR) is 95.4 cm³/mol. The summed E-state index contributed by atoms with van der Waals surface area (Å²) in [7, 11) is 0. The summed E-state index contributed by atoms with van der Waals surface area (Å²) in [6, 6.07) is 8.35. The highest BCUT2D eigenvalue weighted by molar-refractivity contribution is 5.73. The summed E-state index contributed by atoms with van der Waals surface area (Å²) >= 11 is 0. The molecule has 4 heteroatoms. The molecule has 0 radical (unpaired) electrons. The minimum Gasteiger partial charge on any atom is -0.282 e. The highest BCUT2D eigenvalue weighted by Crippen LogP contribution is 2.27. The molecule has 0 N–H and O–H groups in total. The van der Waals surface area contributed by atoms with Crippen LogP contribution in [-0.2, 0) is 0 Å². The van der Waals surface area contributed by atoms with E-state index in [0.717, 1.165) is 5.52 Å². The lowest BCUT2D eigenvalue weighted by Gasteiger charge is -2.28. The summed E-state index contributed by atoms with van der Waals surface area (Å²) in [5.41, 5.74) is 2.19. The van der Waals surface area contributed by atoms with Crippen LogP contribution in [0.15, 0.2) is 24.3 Å². The van der Waals surface area contributed by atoms with E-state index in [-0.39, 0.29) is 0 Å². The summed E-state index contributed by atoms with van der Waals surface area (Å²) in [6.45, 7) is 4.68. The van der Waals surface area contributed by atoms with Crippen molar-refractivity contribution < 1.29 is 0 Å². The van der Waals surface area contributed by atoms with Crippen molar-refractivity contribution >= 4 is 11.0 Å². The Morgan fingerprint density at radius 1 is 1.00 bits per heavy atom. The van der Waals surface area contributed by atoms with Gasteiger partial charge in [0.2, 0.25) is 0 Å². The number of hydrogen-bond acceptors (Lipinski definition) is 3. The van der Waals surface area contributed by atoms with Gasteiger partial charge in [-0.2, -0.15) is 0 Å². The van der Waals surface area contributed by atoms with Gasteiger partial charge in [-0.15, -0.1) is 5.10 Å². The third kappa shape index (κ3) is 4.11. The summed E-state index contributed by atoms with van der Waals surface area (Å²) in [5.74, 6) is 0. The normalized spacial score (nSPS) is 17.1. The molecule has 2 heterocycles. The minimum atomic E-state index is 0.385. The van der Waals surface area contributed by atoms with Crippen molar-refractivity contribution in [2.24, 2.45) is 0 Å². The molecule has 23 heavy (non-hydrogen) atoms. The molecule has 1 aromatic carbocycles. The van der Waals surface area contributed by atoms with Crippen molar-refractivity contribution in [2.75, 3.05) is 13.1 Å². The molecule has 1 aliphatic rings. The number of likely N-dealkylation sites (tertiary alicyclic amines) is 1. The molecule has 0 aliphatic carbocycles. The maximum Gasteiger partial charge on any atom is 0.113 e. The Balaban J connectivity index is 1.66. The van der Waals surface area contributed by atoms with E-state index >= 15 is 0 Å². The first kappa shape index (κ1) is 16.4. The van der Waals surface area contributed by atoms with Gasteiger partial charge in [0.1, 0.15) is 11.7 Å². The summed E-state index contributed by atoms with van der Waals surface area (Å²) in [4.78, 5) is 2.60. The third-order valence-electron chi connectivity index (χ3n) is 5.04. The van der Waals surface area contributed by atoms with Crippen LogP contribution in [0.2, 0.25) is 0 Å². The van der Waals surface area contributed by atoms with Gasteiger partial charge in [-0.25, -0.2) is 4.68 Å². The number of nitrogens with zero attached hydrogens (tertiary/aromatic N) is 4. The zero-order valence-electron chi connectivity index (χ0n) is 14.5. The lowest BCUT2D eigenvalue weighted by atomic mass is 10.1. The van der Waals surface area contributed by atoms with Gasteiger partial charge in [0, 0.05) is 13.1 Å². The summed E-state index contributed by atoms with van der Waals surface area (Å²) < 4.78 is 2.17. The first-order valence-electron chi connectivity index (χ1n) is 9.44. The largest absolute Gasteiger partial charge is 0.282 e. The fraction of sp³-hybridized carbons (Fsp3) is 0.684. The fourth-order valence-corrected chi connectivity index (χ4v) is 3.71. The van der Waals surface area contributed by atoms with Crippen molar-refractivity contribution in [3.63, 3.8) is 0 Å². The van der Waals surface area contributed by atoms with E-state index in [0.29, 0.717) is 6.17 Å². The topological polar surface area (TPSA) is 34.0 Å². The zero-order chi connectivity index (χ0) is 15.9. The molecule has 0 bridgehead atoms. The Morgan fingerprint density at radius 2 is 1.74 bits per heavy atom. The Bertz CT molecular complexity index is 586. The predicted octanol–water partition coefficient (Wildman–Crippen LogP) is 4.78. The molecule has 3 rings (SSSR count). The average molecular weight is 314 g/mol. The van der Waals surface area contributed by atoms with E-state index in [1.54, 1.807) is 0 Å². The second kappa shape index (κ2) is 8.44. The molecular weight excluding hydrogens is 284 g/mol. The number of benzene rings is 1. The smallest absolute Gasteiger partial charge is 0.113 e. The lowest BCUT2D eigenvalue weighted by molar-refractivity contribution is 0.149. The van der Waals surface area contributed by atoms with Crippen LogP contribution in [0.4, 0.5) is 0 Å². The number of rotatable bonds is 9. The molecule has 1 unspecified atom stereocenters. The fourth-order valence-electron chi connectivity index (χ4n) is 3.71. The van der Waals surface area contributed by atoms with E-state index in [4.69, 9.17) is 0 Å². The van der Waals surface area contributed by atoms with Gasteiger partial charge in [0.25, 0.3) is 0 Å². The van der Waals surface area contributed by atoms with Gasteiger partial charge in [0.05, 0.1) is 5.52 Å². The molecule has 2 aromatic rings. The molecule has 1 aliphatic heterocycles. The van der Waals surface area contributed by atoms with Crippen molar-refractivity contribution in [3.8, 4) is 0 Å². The van der Waals surface area contributed by atoms with E-state index in [1.807, 2.05) is 6.07 Å². The Kier molecular flexibility index (Phi) is 6.03. The van der Waals surface area contributed by atoms with Crippen molar-refractivity contribution in [2.45, 2.75) is 70.9 Å². The molecule has 1 saturated heterocycles. The maximum atomic E-state index is 4.49. The van der Waals surface area contributed by atoms with Crippen LogP contribution in [0.3, 0.4) is 0 Å². The molecule has 1 atom stereocenters. The van der Waals surface area contributed by atoms with Gasteiger partial charge in [-0.3, -0.25) is 4.90 Å². The second-order valence-electron chi connectivity index (χ2n) is 6.80. The van der Waals surface area contributed by atoms with Crippen molar-refractivity contribution in [1.29, 1.82) is 0 Å². The third-order valence-corrected chi connectivity index (χ3v) is 5.04. The molecule has 1 aromatic heterocycles. The summed E-state index contributed by atoms with van der Waals surface area (Å²) in [5, 5.41) is 8.86. The van der Waals surface area contributed by atoms with Crippen LogP contribution in [0.25, 0.3) is 11.0 Å².